The van der Waals surface area contributed by atoms with Crippen LogP contribution in [0.4, 0.5) is 16.2 Å². The largest absolute Gasteiger partial charge is 0.442 e. The molecule has 3 atom stereocenters. The van der Waals surface area contributed by atoms with E-state index in [0.717, 1.165) is 18.8 Å². The van der Waals surface area contributed by atoms with Gasteiger partial charge in [-0.1, -0.05) is 0 Å². The van der Waals surface area contributed by atoms with Gasteiger partial charge in [-0.2, -0.15) is 0 Å². The molecule has 7 nitrogen and oxygen atoms in total. The van der Waals surface area contributed by atoms with Gasteiger partial charge in [-0.05, 0) is 36.1 Å². The van der Waals surface area contributed by atoms with Crippen molar-refractivity contribution < 1.29 is 14.3 Å². The topological polar surface area (TPSA) is 87.9 Å². The van der Waals surface area contributed by atoms with Gasteiger partial charge in [0, 0.05) is 37.4 Å². The fourth-order valence-electron chi connectivity index (χ4n) is 3.72. The average molecular weight is 330 g/mol. The predicted octanol–water partition coefficient (Wildman–Crippen LogP) is 0.541. The zero-order valence-electron chi connectivity index (χ0n) is 13.6. The van der Waals surface area contributed by atoms with Crippen LogP contribution in [0, 0.1) is 11.8 Å². The van der Waals surface area contributed by atoms with Gasteiger partial charge < -0.3 is 20.7 Å². The molecule has 0 radical (unpaired) electrons. The third-order valence-corrected chi connectivity index (χ3v) is 5.24. The number of piperidine rings is 1. The van der Waals surface area contributed by atoms with E-state index in [1.54, 1.807) is 4.90 Å². The van der Waals surface area contributed by atoms with Crippen LogP contribution in [0.25, 0.3) is 0 Å². The van der Waals surface area contributed by atoms with Gasteiger partial charge in [0.15, 0.2) is 0 Å². The Morgan fingerprint density at radius 2 is 1.83 bits per heavy atom. The van der Waals surface area contributed by atoms with Crippen LogP contribution in [0.1, 0.15) is 6.92 Å². The Balaban J connectivity index is 1.38. The molecule has 3 aliphatic rings. The van der Waals surface area contributed by atoms with E-state index in [1.807, 2.05) is 24.3 Å². The number of rotatable bonds is 4. The maximum absolute atomic E-state index is 12.0. The summed E-state index contributed by atoms with van der Waals surface area (Å²) in [7, 11) is 0. The summed E-state index contributed by atoms with van der Waals surface area (Å²) in [6.07, 6.45) is -0.681. The number of hydrogen-bond acceptors (Lipinski definition) is 5. The van der Waals surface area contributed by atoms with Crippen molar-refractivity contribution in [3.05, 3.63) is 24.3 Å². The van der Waals surface area contributed by atoms with Crippen molar-refractivity contribution in [1.82, 2.24) is 5.32 Å². The number of fused-ring (bicyclic) bond motifs is 1. The van der Waals surface area contributed by atoms with Crippen molar-refractivity contribution in [2.75, 3.05) is 36.0 Å². The summed E-state index contributed by atoms with van der Waals surface area (Å²) in [4.78, 5) is 26.9. The van der Waals surface area contributed by atoms with Crippen LogP contribution in [-0.2, 0) is 9.53 Å². The normalized spacial score (nSPS) is 31.0. The van der Waals surface area contributed by atoms with Crippen LogP contribution < -0.4 is 20.9 Å². The number of cyclic esters (lactones) is 1. The van der Waals surface area contributed by atoms with Crippen molar-refractivity contribution in [3.63, 3.8) is 0 Å². The summed E-state index contributed by atoms with van der Waals surface area (Å²) in [5, 5.41) is 2.68. The number of nitrogens with zero attached hydrogens (tertiary/aromatic N) is 2. The van der Waals surface area contributed by atoms with Gasteiger partial charge in [0.05, 0.1) is 13.1 Å². The second-order valence-electron chi connectivity index (χ2n) is 6.88. The van der Waals surface area contributed by atoms with Gasteiger partial charge in [-0.3, -0.25) is 9.69 Å². The third-order valence-electron chi connectivity index (χ3n) is 5.24. The number of carbonyl (C=O) groups is 2. The summed E-state index contributed by atoms with van der Waals surface area (Å²) in [5.74, 6) is 1.16. The number of benzene rings is 1. The fourth-order valence-corrected chi connectivity index (χ4v) is 3.72. The smallest absolute Gasteiger partial charge is 0.414 e. The van der Waals surface area contributed by atoms with Gasteiger partial charge in [-0.25, -0.2) is 4.79 Å². The molecule has 1 saturated carbocycles. The number of hydrogen-bond donors (Lipinski definition) is 2. The van der Waals surface area contributed by atoms with Crippen LogP contribution in [0.15, 0.2) is 24.3 Å². The Hall–Kier alpha value is -2.28. The fraction of sp³-hybridized carbons (Fsp3) is 0.529. The maximum atomic E-state index is 12.0. The quantitative estimate of drug-likeness (QED) is 0.841. The summed E-state index contributed by atoms with van der Waals surface area (Å²) in [5.41, 5.74) is 7.96. The first-order chi connectivity index (χ1) is 11.5. The molecule has 128 valence electrons. The molecule has 1 aromatic carbocycles. The third kappa shape index (κ3) is 2.69. The molecule has 0 bridgehead atoms. The van der Waals surface area contributed by atoms with Crippen molar-refractivity contribution in [2.24, 2.45) is 17.6 Å². The molecule has 3 N–H and O–H groups in total. The van der Waals surface area contributed by atoms with E-state index < -0.39 is 0 Å². The number of anilines is 2. The van der Waals surface area contributed by atoms with Crippen molar-refractivity contribution in [3.8, 4) is 0 Å². The lowest BCUT2D eigenvalue weighted by molar-refractivity contribution is -0.119. The summed E-state index contributed by atoms with van der Waals surface area (Å²) in [6.45, 7) is 4.28. The van der Waals surface area contributed by atoms with Gasteiger partial charge in [0.1, 0.15) is 6.10 Å². The van der Waals surface area contributed by atoms with Crippen LogP contribution in [0.3, 0.4) is 0 Å². The molecule has 4 rings (SSSR count). The number of nitrogens with one attached hydrogen (secondary N) is 1. The lowest BCUT2D eigenvalue weighted by atomic mass is 10.2. The van der Waals surface area contributed by atoms with E-state index in [4.69, 9.17) is 10.5 Å². The Morgan fingerprint density at radius 3 is 2.46 bits per heavy atom. The Kier molecular flexibility index (Phi) is 3.60. The van der Waals surface area contributed by atoms with Crippen molar-refractivity contribution >= 4 is 23.4 Å². The SMILES string of the molecule is CC(=O)NC[C@H]1CN(c2ccc(N3CC4C(N)C4C3)cc2)C(=O)O1. The van der Waals surface area contributed by atoms with Gasteiger partial charge >= 0.3 is 6.09 Å². The number of amides is 2. The monoisotopic (exact) mass is 330 g/mol. The summed E-state index contributed by atoms with van der Waals surface area (Å²) < 4.78 is 5.29. The highest BCUT2D eigenvalue weighted by molar-refractivity contribution is 5.90. The first kappa shape index (κ1) is 15.3. The minimum Gasteiger partial charge on any atom is -0.442 e. The van der Waals surface area contributed by atoms with Gasteiger partial charge in [0.25, 0.3) is 0 Å². The molecule has 2 aliphatic heterocycles. The van der Waals surface area contributed by atoms with E-state index in [0.29, 0.717) is 31.0 Å². The van der Waals surface area contributed by atoms with E-state index in [1.165, 1.54) is 12.6 Å². The average Bonchev–Trinajstić information content (AvgIpc) is 2.96. The molecular formula is C17H22N4O3. The van der Waals surface area contributed by atoms with Crippen LogP contribution in [-0.4, -0.2) is 50.3 Å². The predicted molar refractivity (Wildman–Crippen MR) is 89.9 cm³/mol. The van der Waals surface area contributed by atoms with Crippen LogP contribution in [0.2, 0.25) is 0 Å². The zero-order valence-corrected chi connectivity index (χ0v) is 13.6. The van der Waals surface area contributed by atoms with Crippen molar-refractivity contribution in [2.45, 2.75) is 19.1 Å². The van der Waals surface area contributed by atoms with E-state index in [-0.39, 0.29) is 18.1 Å². The molecule has 0 aromatic heterocycles. The maximum Gasteiger partial charge on any atom is 0.414 e. The first-order valence-corrected chi connectivity index (χ1v) is 8.36. The molecule has 24 heavy (non-hydrogen) atoms. The highest BCUT2D eigenvalue weighted by Crippen LogP contribution is 2.45. The molecular weight excluding hydrogens is 308 g/mol. The van der Waals surface area contributed by atoms with E-state index in [2.05, 4.69) is 10.2 Å². The van der Waals surface area contributed by atoms with Crippen LogP contribution in [0.5, 0.6) is 0 Å². The Labute approximate surface area is 140 Å². The molecule has 3 fully saturated rings. The van der Waals surface area contributed by atoms with Crippen molar-refractivity contribution in [1.29, 1.82) is 0 Å². The number of ether oxygens (including phenoxy) is 1. The lowest BCUT2D eigenvalue weighted by Gasteiger charge is -2.22. The minimum atomic E-state index is -0.369. The second kappa shape index (κ2) is 5.66. The van der Waals surface area contributed by atoms with Crippen LogP contribution >= 0.6 is 0 Å². The second-order valence-corrected chi connectivity index (χ2v) is 6.88. The lowest BCUT2D eigenvalue weighted by Crippen LogP contribution is -2.33. The number of nitrogens with two attached hydrogens (primary N) is 1. The molecule has 2 heterocycles. The zero-order chi connectivity index (χ0) is 16.8. The summed E-state index contributed by atoms with van der Waals surface area (Å²) >= 11 is 0. The summed E-state index contributed by atoms with van der Waals surface area (Å²) in [6, 6.07) is 8.36. The van der Waals surface area contributed by atoms with E-state index >= 15 is 0 Å². The molecule has 1 aliphatic carbocycles. The van der Waals surface area contributed by atoms with E-state index in [9.17, 15) is 9.59 Å². The molecule has 7 heteroatoms. The Bertz CT molecular complexity index is 650. The Morgan fingerprint density at radius 1 is 1.21 bits per heavy atom. The molecule has 2 unspecified atom stereocenters. The first-order valence-electron chi connectivity index (χ1n) is 8.36. The standard InChI is InChI=1S/C17H22N4O3/c1-10(22)19-6-13-7-21(17(23)24-13)12-4-2-11(3-5-12)20-8-14-15(9-20)16(14)18/h2-5,13-16H,6-9,18H2,1H3,(H,19,22)/t13-,14?,15?,16?/m0/s1. The number of carbonyl (C=O) groups excluding carboxylic acids is 2. The highest BCUT2D eigenvalue weighted by Gasteiger charge is 2.53. The molecule has 2 saturated heterocycles. The van der Waals surface area contributed by atoms with Gasteiger partial charge in [0.2, 0.25) is 5.91 Å². The highest BCUT2D eigenvalue weighted by atomic mass is 16.6. The minimum absolute atomic E-state index is 0.128. The van der Waals surface area contributed by atoms with Gasteiger partial charge in [-0.15, -0.1) is 0 Å². The molecule has 1 aromatic rings. The molecule has 2 amide bonds. The molecule has 0 spiro atoms.